The van der Waals surface area contributed by atoms with Gasteiger partial charge in [0.25, 0.3) is 0 Å². The Morgan fingerprint density at radius 3 is 2.08 bits per heavy atom. The van der Waals surface area contributed by atoms with Crippen LogP contribution in [0.4, 0.5) is 0 Å². The molecule has 2 rings (SSSR count). The van der Waals surface area contributed by atoms with E-state index in [1.54, 1.807) is 12.1 Å². The lowest BCUT2D eigenvalue weighted by atomic mass is 9.98. The number of aromatic hydroxyl groups is 1. The number of methoxy groups -OCH3 is 3. The Morgan fingerprint density at radius 2 is 1.54 bits per heavy atom. The molecule has 0 bridgehead atoms. The van der Waals surface area contributed by atoms with Crippen molar-refractivity contribution >= 4 is 16.0 Å². The van der Waals surface area contributed by atoms with Gasteiger partial charge in [0.15, 0.2) is 23.0 Å². The molecule has 9 heteroatoms. The lowest BCUT2D eigenvalue weighted by molar-refractivity contribution is 0.333. The molecule has 0 heterocycles. The summed E-state index contributed by atoms with van der Waals surface area (Å²) in [7, 11) is -0.580. The van der Waals surface area contributed by atoms with Crippen molar-refractivity contribution in [3.8, 4) is 28.7 Å². The molecule has 0 aliphatic heterocycles. The standard InChI is InChI=1S/C17H18O8S/c1-10(12-7-13(18)17(24-4)16(9-12)23-3)11-5-6-14(22-2)15(8-11)25-26(19,20)21/h5-9,18H,1H2,2-4H3,(H,19,20,21). The van der Waals surface area contributed by atoms with Gasteiger partial charge in [0.1, 0.15) is 0 Å². The van der Waals surface area contributed by atoms with Gasteiger partial charge in [-0.15, -0.1) is 0 Å². The van der Waals surface area contributed by atoms with E-state index in [0.29, 0.717) is 22.4 Å². The van der Waals surface area contributed by atoms with Crippen LogP contribution in [0.5, 0.6) is 28.7 Å². The maximum atomic E-state index is 11.0. The molecule has 0 amide bonds. The van der Waals surface area contributed by atoms with Gasteiger partial charge in [0.05, 0.1) is 21.3 Å². The van der Waals surface area contributed by atoms with E-state index in [0.717, 1.165) is 0 Å². The average Bonchev–Trinajstić information content (AvgIpc) is 2.58. The van der Waals surface area contributed by atoms with Crippen LogP contribution in [0, 0.1) is 0 Å². The molecular weight excluding hydrogens is 364 g/mol. The van der Waals surface area contributed by atoms with Gasteiger partial charge in [0, 0.05) is 0 Å². The lowest BCUT2D eigenvalue weighted by Crippen LogP contribution is -2.08. The van der Waals surface area contributed by atoms with E-state index in [-0.39, 0.29) is 23.0 Å². The normalized spacial score (nSPS) is 10.9. The second-order valence-electron chi connectivity index (χ2n) is 5.09. The molecule has 0 atom stereocenters. The molecule has 0 fully saturated rings. The Hall–Kier alpha value is -2.91. The van der Waals surface area contributed by atoms with Crippen molar-refractivity contribution in [2.45, 2.75) is 0 Å². The van der Waals surface area contributed by atoms with Gasteiger partial charge in [-0.3, -0.25) is 4.55 Å². The smallest absolute Gasteiger partial charge is 0.446 e. The first-order valence-corrected chi connectivity index (χ1v) is 8.56. The summed E-state index contributed by atoms with van der Waals surface area (Å²) in [4.78, 5) is 0. The van der Waals surface area contributed by atoms with E-state index < -0.39 is 10.4 Å². The molecule has 140 valence electrons. The second kappa shape index (κ2) is 7.54. The molecule has 0 aromatic heterocycles. The third-order valence-electron chi connectivity index (χ3n) is 3.51. The molecule has 0 spiro atoms. The average molecular weight is 382 g/mol. The highest BCUT2D eigenvalue weighted by Crippen LogP contribution is 2.41. The number of rotatable bonds is 7. The van der Waals surface area contributed by atoms with Crippen LogP contribution in [0.2, 0.25) is 0 Å². The summed E-state index contributed by atoms with van der Waals surface area (Å²) in [5.41, 5.74) is 1.41. The minimum absolute atomic E-state index is 0.106. The summed E-state index contributed by atoms with van der Waals surface area (Å²) in [6, 6.07) is 7.45. The molecular formula is C17H18O8S. The number of phenolic OH excluding ortho intramolecular Hbond substituents is 1. The lowest BCUT2D eigenvalue weighted by Gasteiger charge is -2.14. The zero-order chi connectivity index (χ0) is 19.5. The molecule has 2 aromatic rings. The SMILES string of the molecule is C=C(c1ccc(OC)c(OS(=O)(=O)O)c1)c1cc(O)c(OC)c(OC)c1. The molecule has 0 saturated carbocycles. The van der Waals surface area contributed by atoms with Gasteiger partial charge in [-0.25, -0.2) is 0 Å². The Labute approximate surface area is 151 Å². The van der Waals surface area contributed by atoms with Crippen LogP contribution < -0.4 is 18.4 Å². The Balaban J connectivity index is 2.50. The van der Waals surface area contributed by atoms with Crippen molar-refractivity contribution in [2.75, 3.05) is 21.3 Å². The van der Waals surface area contributed by atoms with Crippen LogP contribution in [0.3, 0.4) is 0 Å². The van der Waals surface area contributed by atoms with Gasteiger partial charge >= 0.3 is 10.4 Å². The molecule has 0 radical (unpaired) electrons. The molecule has 0 aliphatic carbocycles. The minimum Gasteiger partial charge on any atom is -0.504 e. The van der Waals surface area contributed by atoms with Crippen molar-refractivity contribution in [1.29, 1.82) is 0 Å². The highest BCUT2D eigenvalue weighted by Gasteiger charge is 2.17. The quantitative estimate of drug-likeness (QED) is 0.703. The first-order valence-electron chi connectivity index (χ1n) is 7.19. The van der Waals surface area contributed by atoms with Crippen LogP contribution in [0.15, 0.2) is 36.9 Å². The van der Waals surface area contributed by atoms with Crippen LogP contribution in [0.1, 0.15) is 11.1 Å². The fourth-order valence-electron chi connectivity index (χ4n) is 2.33. The zero-order valence-corrected chi connectivity index (χ0v) is 15.2. The molecule has 2 N–H and O–H groups in total. The summed E-state index contributed by atoms with van der Waals surface area (Å²) < 4.78 is 50.7. The number of benzene rings is 2. The van der Waals surface area contributed by atoms with Crippen molar-refractivity contribution in [3.63, 3.8) is 0 Å². The first kappa shape index (κ1) is 19.4. The molecule has 0 aliphatic rings. The van der Waals surface area contributed by atoms with Gasteiger partial charge < -0.3 is 23.5 Å². The summed E-state index contributed by atoms with van der Waals surface area (Å²) in [5, 5.41) is 10.1. The van der Waals surface area contributed by atoms with E-state index >= 15 is 0 Å². The van der Waals surface area contributed by atoms with Crippen molar-refractivity contribution in [3.05, 3.63) is 48.0 Å². The Kier molecular flexibility index (Phi) is 5.63. The Morgan fingerprint density at radius 1 is 0.923 bits per heavy atom. The molecule has 26 heavy (non-hydrogen) atoms. The fraction of sp³-hybridized carbons (Fsp3) is 0.176. The summed E-state index contributed by atoms with van der Waals surface area (Å²) >= 11 is 0. The van der Waals surface area contributed by atoms with Gasteiger partial charge in [-0.1, -0.05) is 12.6 Å². The number of hydrogen-bond donors (Lipinski definition) is 2. The second-order valence-corrected chi connectivity index (χ2v) is 6.11. The summed E-state index contributed by atoms with van der Waals surface area (Å²) in [5.74, 6) is 0.222. The monoisotopic (exact) mass is 382 g/mol. The Bertz CT molecular complexity index is 934. The predicted octanol–water partition coefficient (Wildman–Crippen LogP) is 2.66. The van der Waals surface area contributed by atoms with E-state index in [2.05, 4.69) is 10.8 Å². The topological polar surface area (TPSA) is 112 Å². The third-order valence-corrected chi connectivity index (χ3v) is 3.91. The highest BCUT2D eigenvalue weighted by atomic mass is 32.3. The van der Waals surface area contributed by atoms with Gasteiger partial charge in [-0.05, 0) is 41.0 Å². The highest BCUT2D eigenvalue weighted by molar-refractivity contribution is 7.81. The van der Waals surface area contributed by atoms with E-state index in [9.17, 15) is 13.5 Å². The third kappa shape index (κ3) is 4.19. The summed E-state index contributed by atoms with van der Waals surface area (Å²) in [6.07, 6.45) is 0. The maximum Gasteiger partial charge on any atom is 0.446 e. The van der Waals surface area contributed by atoms with Crippen LogP contribution in [-0.2, 0) is 10.4 Å². The molecule has 2 aromatic carbocycles. The van der Waals surface area contributed by atoms with Crippen LogP contribution in [0.25, 0.3) is 5.57 Å². The summed E-state index contributed by atoms with van der Waals surface area (Å²) in [6.45, 7) is 3.94. The minimum atomic E-state index is -4.73. The number of hydrogen-bond acceptors (Lipinski definition) is 7. The van der Waals surface area contributed by atoms with Crippen molar-refractivity contribution in [1.82, 2.24) is 0 Å². The van der Waals surface area contributed by atoms with E-state index in [1.807, 2.05) is 0 Å². The van der Waals surface area contributed by atoms with Gasteiger partial charge in [-0.2, -0.15) is 8.42 Å². The molecule has 8 nitrogen and oxygen atoms in total. The molecule has 0 unspecified atom stereocenters. The fourth-order valence-corrected chi connectivity index (χ4v) is 2.69. The predicted molar refractivity (Wildman–Crippen MR) is 94.5 cm³/mol. The van der Waals surface area contributed by atoms with Crippen LogP contribution >= 0.6 is 0 Å². The molecule has 0 saturated heterocycles. The van der Waals surface area contributed by atoms with Gasteiger partial charge in [0.2, 0.25) is 5.75 Å². The number of ether oxygens (including phenoxy) is 3. The first-order chi connectivity index (χ1) is 12.2. The van der Waals surface area contributed by atoms with E-state index in [4.69, 9.17) is 18.8 Å². The van der Waals surface area contributed by atoms with Crippen molar-refractivity contribution < 1.29 is 36.5 Å². The zero-order valence-electron chi connectivity index (χ0n) is 14.3. The van der Waals surface area contributed by atoms with E-state index in [1.165, 1.54) is 39.5 Å². The van der Waals surface area contributed by atoms with Crippen molar-refractivity contribution in [2.24, 2.45) is 0 Å². The maximum absolute atomic E-state index is 11.0. The number of phenols is 1. The largest absolute Gasteiger partial charge is 0.504 e. The van der Waals surface area contributed by atoms with Crippen LogP contribution in [-0.4, -0.2) is 39.4 Å².